The van der Waals surface area contributed by atoms with Gasteiger partial charge in [0.25, 0.3) is 0 Å². The molecule has 2 heterocycles. The highest BCUT2D eigenvalue weighted by molar-refractivity contribution is 5.98. The molecule has 212 valence electrons. The average Bonchev–Trinajstić information content (AvgIpc) is 3.41. The van der Waals surface area contributed by atoms with Crippen LogP contribution in [0.25, 0.3) is 0 Å². The summed E-state index contributed by atoms with van der Waals surface area (Å²) < 4.78 is 82.4. The molecule has 0 spiro atoms. The number of amides is 1. The molecule has 9 atom stereocenters. The summed E-state index contributed by atoms with van der Waals surface area (Å²) in [4.78, 5) is 17.3. The summed E-state index contributed by atoms with van der Waals surface area (Å²) in [6.07, 6.45) is -9.19. The fourth-order valence-electron chi connectivity index (χ4n) is 5.73. The van der Waals surface area contributed by atoms with Gasteiger partial charge in [-0.05, 0) is 38.0 Å². The first kappa shape index (κ1) is 28.3. The van der Waals surface area contributed by atoms with Crippen LogP contribution < -0.4 is 26.9 Å². The number of aliphatic imine (C=N–C) groups is 1. The van der Waals surface area contributed by atoms with Gasteiger partial charge in [-0.15, -0.1) is 0 Å². The average molecular weight is 544 g/mol. The molecule has 37 heavy (non-hydrogen) atoms. The highest BCUT2D eigenvalue weighted by Gasteiger charge is 2.52. The number of guanidine groups is 1. The van der Waals surface area contributed by atoms with Gasteiger partial charge in [0.2, 0.25) is 5.91 Å². The number of halogens is 6. The van der Waals surface area contributed by atoms with Crippen LogP contribution in [0.15, 0.2) is 4.99 Å². The van der Waals surface area contributed by atoms with Crippen LogP contribution in [-0.2, 0) is 4.79 Å². The van der Waals surface area contributed by atoms with Crippen LogP contribution in [0.1, 0.15) is 44.9 Å². The maximum absolute atomic E-state index is 14.0. The quantitative estimate of drug-likeness (QED) is 0.178. The Morgan fingerprint density at radius 1 is 1.03 bits per heavy atom. The number of alkyl halides is 6. The van der Waals surface area contributed by atoms with Gasteiger partial charge >= 0.3 is 6.18 Å². The largest absolute Gasteiger partial charge is 0.405 e. The van der Waals surface area contributed by atoms with E-state index in [2.05, 4.69) is 31.9 Å². The number of rotatable bonds is 4. The van der Waals surface area contributed by atoms with Crippen LogP contribution in [0, 0.1) is 11.8 Å². The van der Waals surface area contributed by atoms with E-state index in [-0.39, 0.29) is 50.1 Å². The normalized spacial score (nSPS) is 42.1. The number of carbonyl (C=O) groups is 1. The minimum atomic E-state index is -4.67. The van der Waals surface area contributed by atoms with Crippen LogP contribution in [0.5, 0.6) is 0 Å². The van der Waals surface area contributed by atoms with E-state index in [1.54, 1.807) is 0 Å². The molecule has 2 aliphatic carbocycles. The van der Waals surface area contributed by atoms with Crippen molar-refractivity contribution in [1.29, 1.82) is 0 Å². The number of aliphatic hydroxyl groups is 1. The number of hydrogen-bond acceptors (Lipinski definition) is 7. The standard InChI is InChI=1S/C22H35F6N7O2/c1-35-9-14(19(34-35)22(26,27)28)20(37)31-21(29-13-6-11(23)5-12(24)7-13)30-18-8-16(32-33-18)10-2-3-17(36)15(25)4-10/h10-19,32-34,36H,2-9H2,1H3,(H2,29,30,31,37). The minimum Gasteiger partial charge on any atom is -0.390 e. The van der Waals surface area contributed by atoms with Crippen LogP contribution >= 0.6 is 0 Å². The molecule has 2 saturated carbocycles. The predicted molar refractivity (Wildman–Crippen MR) is 122 cm³/mol. The number of hydrogen-bond donors (Lipinski definition) is 6. The molecular weight excluding hydrogens is 508 g/mol. The Kier molecular flexibility index (Phi) is 8.88. The first-order valence-electron chi connectivity index (χ1n) is 12.7. The van der Waals surface area contributed by atoms with Gasteiger partial charge in [0, 0.05) is 38.5 Å². The highest BCUT2D eigenvalue weighted by atomic mass is 19.4. The summed E-state index contributed by atoms with van der Waals surface area (Å²) in [7, 11) is 1.39. The van der Waals surface area contributed by atoms with Gasteiger partial charge in [-0.25, -0.2) is 34.0 Å². The van der Waals surface area contributed by atoms with E-state index in [0.29, 0.717) is 19.3 Å². The maximum atomic E-state index is 14.0. The van der Waals surface area contributed by atoms with Crippen LogP contribution in [0.4, 0.5) is 26.3 Å². The van der Waals surface area contributed by atoms with Crippen LogP contribution in [-0.4, -0.2) is 90.7 Å². The van der Waals surface area contributed by atoms with E-state index in [0.717, 1.165) is 0 Å². The second kappa shape index (κ2) is 11.6. The zero-order valence-electron chi connectivity index (χ0n) is 20.4. The van der Waals surface area contributed by atoms with Crippen LogP contribution in [0.2, 0.25) is 0 Å². The van der Waals surface area contributed by atoms with Gasteiger partial charge < -0.3 is 10.4 Å². The summed E-state index contributed by atoms with van der Waals surface area (Å²) in [5.41, 5.74) is 8.21. The second-order valence-corrected chi connectivity index (χ2v) is 10.6. The van der Waals surface area contributed by atoms with Gasteiger partial charge in [0.15, 0.2) is 5.96 Å². The molecule has 2 aliphatic heterocycles. The van der Waals surface area contributed by atoms with E-state index in [9.17, 15) is 36.2 Å². The Morgan fingerprint density at radius 2 is 1.73 bits per heavy atom. The van der Waals surface area contributed by atoms with Crippen molar-refractivity contribution in [3.63, 3.8) is 0 Å². The zero-order valence-corrected chi connectivity index (χ0v) is 20.4. The van der Waals surface area contributed by atoms with E-state index in [1.165, 1.54) is 12.1 Å². The van der Waals surface area contributed by atoms with Crippen molar-refractivity contribution in [3.05, 3.63) is 0 Å². The summed E-state index contributed by atoms with van der Waals surface area (Å²) in [6.45, 7) is -0.199. The molecule has 9 unspecified atom stereocenters. The lowest BCUT2D eigenvalue weighted by atomic mass is 9.81. The summed E-state index contributed by atoms with van der Waals surface area (Å²) >= 11 is 0. The van der Waals surface area contributed by atoms with Gasteiger partial charge in [-0.3, -0.25) is 15.5 Å². The molecule has 1 amide bonds. The number of aliphatic hydroxyl groups excluding tert-OH is 1. The molecule has 6 N–H and O–H groups in total. The van der Waals surface area contributed by atoms with Crippen molar-refractivity contribution >= 4 is 11.9 Å². The van der Waals surface area contributed by atoms with Gasteiger partial charge in [-0.1, -0.05) is 0 Å². The molecule has 9 nitrogen and oxygen atoms in total. The maximum Gasteiger partial charge on any atom is 0.405 e. The summed E-state index contributed by atoms with van der Waals surface area (Å²) in [5, 5.41) is 16.1. The summed E-state index contributed by atoms with van der Waals surface area (Å²) in [6, 6.07) is -2.98. The molecule has 4 rings (SSSR count). The fourth-order valence-corrected chi connectivity index (χ4v) is 5.73. The van der Waals surface area contributed by atoms with Crippen molar-refractivity contribution in [2.75, 3.05) is 13.6 Å². The molecule has 0 radical (unpaired) electrons. The van der Waals surface area contributed by atoms with Crippen molar-refractivity contribution < 1.29 is 36.2 Å². The Bertz CT molecular complexity index is 826. The van der Waals surface area contributed by atoms with E-state index < -0.39 is 60.9 Å². The van der Waals surface area contributed by atoms with E-state index in [1.807, 2.05) is 0 Å². The Balaban J connectivity index is 1.46. The molecule has 15 heteroatoms. The third kappa shape index (κ3) is 7.25. The van der Waals surface area contributed by atoms with Crippen molar-refractivity contribution in [2.24, 2.45) is 16.8 Å². The lowest BCUT2D eigenvalue weighted by molar-refractivity contribution is -0.168. The predicted octanol–water partition coefficient (Wildman–Crippen LogP) is 0.966. The molecule has 2 saturated heterocycles. The molecule has 0 aromatic heterocycles. The third-order valence-electron chi connectivity index (χ3n) is 7.64. The van der Waals surface area contributed by atoms with E-state index in [4.69, 9.17) is 0 Å². The minimum absolute atomic E-state index is 0.0323. The Labute approximate surface area is 211 Å². The number of nitrogens with one attached hydrogen (secondary N) is 5. The van der Waals surface area contributed by atoms with Gasteiger partial charge in [0.1, 0.15) is 30.7 Å². The molecule has 0 aromatic carbocycles. The summed E-state index contributed by atoms with van der Waals surface area (Å²) in [5.74, 6) is -2.64. The first-order chi connectivity index (χ1) is 17.4. The Hall–Kier alpha value is -1.68. The van der Waals surface area contributed by atoms with Crippen molar-refractivity contribution in [2.45, 2.75) is 100 Å². The van der Waals surface area contributed by atoms with Crippen molar-refractivity contribution in [1.82, 2.24) is 31.9 Å². The lowest BCUT2D eigenvalue weighted by Crippen LogP contribution is -2.54. The zero-order chi connectivity index (χ0) is 26.9. The lowest BCUT2D eigenvalue weighted by Gasteiger charge is -2.32. The molecule has 4 fully saturated rings. The van der Waals surface area contributed by atoms with Crippen LogP contribution in [0.3, 0.4) is 0 Å². The van der Waals surface area contributed by atoms with E-state index >= 15 is 0 Å². The SMILES string of the molecule is CN1CC(C(=O)N/C(=N\C2CC(C3CCC(O)C(F)C3)NN2)NC2CC(F)CC(F)C2)C(C(F)(F)F)N1. The third-order valence-corrected chi connectivity index (χ3v) is 7.64. The molecule has 4 aliphatic rings. The second-order valence-electron chi connectivity index (χ2n) is 10.6. The molecular formula is C22H35F6N7O2. The molecule has 0 bridgehead atoms. The number of carbonyl (C=O) groups excluding carboxylic acids is 1. The van der Waals surface area contributed by atoms with Gasteiger partial charge in [0.05, 0.1) is 12.0 Å². The smallest absolute Gasteiger partial charge is 0.390 e. The Morgan fingerprint density at radius 3 is 2.38 bits per heavy atom. The number of nitrogens with zero attached hydrogens (tertiary/aromatic N) is 2. The number of hydrazine groups is 2. The topological polar surface area (TPSA) is 113 Å². The van der Waals surface area contributed by atoms with Crippen molar-refractivity contribution in [3.8, 4) is 0 Å². The highest BCUT2D eigenvalue weighted by Crippen LogP contribution is 2.32. The fraction of sp³-hybridized carbons (Fsp3) is 0.909. The van der Waals surface area contributed by atoms with Gasteiger partial charge in [-0.2, -0.15) is 13.2 Å². The first-order valence-corrected chi connectivity index (χ1v) is 12.7. The monoisotopic (exact) mass is 543 g/mol. The molecule has 0 aromatic rings.